The summed E-state index contributed by atoms with van der Waals surface area (Å²) in [6.45, 7) is 3.40. The van der Waals surface area contributed by atoms with Gasteiger partial charge in [0.15, 0.2) is 0 Å². The van der Waals surface area contributed by atoms with Crippen LogP contribution in [0.4, 0.5) is 11.4 Å². The summed E-state index contributed by atoms with van der Waals surface area (Å²) in [4.78, 5) is 0. The third kappa shape index (κ3) is 2.02. The zero-order valence-electron chi connectivity index (χ0n) is 11.3. The molecule has 1 heterocycles. The Bertz CT molecular complexity index is 436. The van der Waals surface area contributed by atoms with Gasteiger partial charge < -0.3 is 15.4 Å². The van der Waals surface area contributed by atoms with Gasteiger partial charge in [0.1, 0.15) is 5.75 Å². The van der Waals surface area contributed by atoms with Crippen LogP contribution in [0.1, 0.15) is 32.6 Å². The van der Waals surface area contributed by atoms with Gasteiger partial charge in [0.2, 0.25) is 0 Å². The van der Waals surface area contributed by atoms with Crippen molar-refractivity contribution in [1.29, 1.82) is 0 Å². The highest BCUT2D eigenvalue weighted by atomic mass is 16.5. The molecule has 3 nitrogen and oxygen atoms in total. The molecule has 3 rings (SSSR count). The molecule has 1 saturated carbocycles. The van der Waals surface area contributed by atoms with Crippen molar-refractivity contribution >= 4 is 11.4 Å². The lowest BCUT2D eigenvalue weighted by molar-refractivity contribution is 0.274. The van der Waals surface area contributed by atoms with Crippen LogP contribution in [-0.4, -0.2) is 19.2 Å². The number of hydrogen-bond acceptors (Lipinski definition) is 3. The standard InChI is InChI=1S/C15H22N2O/c1-11-5-7-15(8-6-11)10-16-13-4-3-12(18-2)9-14(13)17-15/h3-4,9,11,16-17H,5-8,10H2,1-2H3. The minimum atomic E-state index is 0.256. The van der Waals surface area contributed by atoms with Gasteiger partial charge in [-0.2, -0.15) is 0 Å². The predicted molar refractivity (Wildman–Crippen MR) is 75.5 cm³/mol. The van der Waals surface area contributed by atoms with Gasteiger partial charge in [-0.15, -0.1) is 0 Å². The first-order chi connectivity index (χ1) is 8.71. The van der Waals surface area contributed by atoms with Crippen LogP contribution >= 0.6 is 0 Å². The molecule has 0 atom stereocenters. The lowest BCUT2D eigenvalue weighted by Gasteiger charge is -2.44. The predicted octanol–water partition coefficient (Wildman–Crippen LogP) is 3.48. The van der Waals surface area contributed by atoms with Gasteiger partial charge in [0, 0.05) is 12.6 Å². The molecule has 0 saturated heterocycles. The fraction of sp³-hybridized carbons (Fsp3) is 0.600. The third-order valence-corrected chi connectivity index (χ3v) is 4.48. The summed E-state index contributed by atoms with van der Waals surface area (Å²) < 4.78 is 5.31. The molecule has 0 radical (unpaired) electrons. The number of nitrogens with one attached hydrogen (secondary N) is 2. The zero-order chi connectivity index (χ0) is 12.6. The quantitative estimate of drug-likeness (QED) is 0.796. The minimum absolute atomic E-state index is 0.256. The lowest BCUT2D eigenvalue weighted by atomic mass is 9.76. The Morgan fingerprint density at radius 3 is 2.72 bits per heavy atom. The van der Waals surface area contributed by atoms with E-state index in [1.54, 1.807) is 7.11 Å². The van der Waals surface area contributed by atoms with Crippen LogP contribution in [0.25, 0.3) is 0 Å². The van der Waals surface area contributed by atoms with E-state index < -0.39 is 0 Å². The number of rotatable bonds is 1. The van der Waals surface area contributed by atoms with Gasteiger partial charge in [-0.3, -0.25) is 0 Å². The molecule has 18 heavy (non-hydrogen) atoms. The van der Waals surface area contributed by atoms with E-state index in [4.69, 9.17) is 4.74 Å². The maximum Gasteiger partial charge on any atom is 0.121 e. The van der Waals surface area contributed by atoms with Gasteiger partial charge in [0.25, 0.3) is 0 Å². The number of benzene rings is 1. The highest BCUT2D eigenvalue weighted by Gasteiger charge is 2.36. The first-order valence-corrected chi connectivity index (χ1v) is 6.91. The lowest BCUT2D eigenvalue weighted by Crippen LogP contribution is -2.49. The van der Waals surface area contributed by atoms with Crippen LogP contribution in [0.3, 0.4) is 0 Å². The molecule has 1 aliphatic carbocycles. The maximum absolute atomic E-state index is 5.31. The largest absolute Gasteiger partial charge is 0.497 e. The van der Waals surface area contributed by atoms with Crippen LogP contribution < -0.4 is 15.4 Å². The molecule has 98 valence electrons. The Hall–Kier alpha value is -1.38. The molecule has 2 aliphatic rings. The van der Waals surface area contributed by atoms with Crippen molar-refractivity contribution in [2.75, 3.05) is 24.3 Å². The molecule has 1 fully saturated rings. The number of fused-ring (bicyclic) bond motifs is 1. The average Bonchev–Trinajstić information content (AvgIpc) is 2.41. The van der Waals surface area contributed by atoms with E-state index in [9.17, 15) is 0 Å². The normalized spacial score (nSPS) is 30.2. The smallest absolute Gasteiger partial charge is 0.121 e. The SMILES string of the molecule is COc1ccc2c(c1)NC1(CCC(C)CC1)CN2. The van der Waals surface area contributed by atoms with Gasteiger partial charge in [-0.05, 0) is 43.7 Å². The number of methoxy groups -OCH3 is 1. The molecule has 3 heteroatoms. The first-order valence-electron chi connectivity index (χ1n) is 6.91. The van der Waals surface area contributed by atoms with E-state index in [2.05, 4.69) is 29.7 Å². The maximum atomic E-state index is 5.31. The van der Waals surface area contributed by atoms with Gasteiger partial charge >= 0.3 is 0 Å². The Morgan fingerprint density at radius 2 is 2.00 bits per heavy atom. The summed E-state index contributed by atoms with van der Waals surface area (Å²) in [5.74, 6) is 1.80. The summed E-state index contributed by atoms with van der Waals surface area (Å²) >= 11 is 0. The van der Waals surface area contributed by atoms with Crippen molar-refractivity contribution < 1.29 is 4.74 Å². The van der Waals surface area contributed by atoms with E-state index in [1.807, 2.05) is 6.07 Å². The number of anilines is 2. The first kappa shape index (κ1) is 11.7. The van der Waals surface area contributed by atoms with E-state index in [-0.39, 0.29) is 5.54 Å². The molecular weight excluding hydrogens is 224 g/mol. The van der Waals surface area contributed by atoms with E-state index in [0.717, 1.165) is 18.2 Å². The Balaban J connectivity index is 1.83. The van der Waals surface area contributed by atoms with E-state index in [0.29, 0.717) is 0 Å². The number of hydrogen-bond donors (Lipinski definition) is 2. The Morgan fingerprint density at radius 1 is 1.22 bits per heavy atom. The molecule has 0 bridgehead atoms. The van der Waals surface area contributed by atoms with Crippen LogP contribution in [0.15, 0.2) is 18.2 Å². The van der Waals surface area contributed by atoms with Crippen molar-refractivity contribution in [2.24, 2.45) is 5.92 Å². The molecule has 1 aromatic carbocycles. The molecule has 1 aromatic rings. The van der Waals surface area contributed by atoms with Gasteiger partial charge in [-0.1, -0.05) is 6.92 Å². The van der Waals surface area contributed by atoms with Crippen molar-refractivity contribution in [1.82, 2.24) is 0 Å². The second-order valence-electron chi connectivity index (χ2n) is 5.85. The third-order valence-electron chi connectivity index (χ3n) is 4.48. The van der Waals surface area contributed by atoms with E-state index >= 15 is 0 Å². The molecule has 1 spiro atoms. The Kier molecular flexibility index (Phi) is 2.84. The number of ether oxygens (including phenoxy) is 1. The fourth-order valence-corrected chi connectivity index (χ4v) is 3.12. The fourth-order valence-electron chi connectivity index (χ4n) is 3.12. The van der Waals surface area contributed by atoms with Crippen LogP contribution in [0.5, 0.6) is 5.75 Å². The highest BCUT2D eigenvalue weighted by Crippen LogP contribution is 2.40. The summed E-state index contributed by atoms with van der Waals surface area (Å²) in [6.07, 6.45) is 5.18. The second-order valence-corrected chi connectivity index (χ2v) is 5.85. The monoisotopic (exact) mass is 246 g/mol. The summed E-state index contributed by atoms with van der Waals surface area (Å²) in [5.41, 5.74) is 2.64. The van der Waals surface area contributed by atoms with Crippen LogP contribution in [0.2, 0.25) is 0 Å². The van der Waals surface area contributed by atoms with Crippen molar-refractivity contribution in [3.05, 3.63) is 18.2 Å². The molecular formula is C15H22N2O. The Labute approximate surface area is 109 Å². The minimum Gasteiger partial charge on any atom is -0.497 e. The topological polar surface area (TPSA) is 33.3 Å². The van der Waals surface area contributed by atoms with Gasteiger partial charge in [-0.25, -0.2) is 0 Å². The highest BCUT2D eigenvalue weighted by molar-refractivity contribution is 5.74. The molecule has 0 amide bonds. The average molecular weight is 246 g/mol. The van der Waals surface area contributed by atoms with Crippen molar-refractivity contribution in [2.45, 2.75) is 38.1 Å². The molecule has 1 aliphatic heterocycles. The second kappa shape index (κ2) is 4.38. The van der Waals surface area contributed by atoms with E-state index in [1.165, 1.54) is 37.1 Å². The van der Waals surface area contributed by atoms with Gasteiger partial charge in [0.05, 0.1) is 24.0 Å². The van der Waals surface area contributed by atoms with Crippen LogP contribution in [0, 0.1) is 5.92 Å². The van der Waals surface area contributed by atoms with Crippen LogP contribution in [-0.2, 0) is 0 Å². The summed E-state index contributed by atoms with van der Waals surface area (Å²) in [6, 6.07) is 6.20. The molecule has 0 aromatic heterocycles. The van der Waals surface area contributed by atoms with Crippen molar-refractivity contribution in [3.63, 3.8) is 0 Å². The summed E-state index contributed by atoms with van der Waals surface area (Å²) in [5, 5.41) is 7.34. The molecule has 2 N–H and O–H groups in total. The molecule has 0 unspecified atom stereocenters. The van der Waals surface area contributed by atoms with Crippen molar-refractivity contribution in [3.8, 4) is 5.75 Å². The summed E-state index contributed by atoms with van der Waals surface area (Å²) in [7, 11) is 1.72. The zero-order valence-corrected chi connectivity index (χ0v) is 11.3.